The lowest BCUT2D eigenvalue weighted by atomic mass is 10.0. The Morgan fingerprint density at radius 2 is 2.30 bits per heavy atom. The summed E-state index contributed by atoms with van der Waals surface area (Å²) in [7, 11) is 0. The third-order valence-electron chi connectivity index (χ3n) is 1.75. The third kappa shape index (κ3) is 1.09. The Bertz CT molecular complexity index is 174. The maximum atomic E-state index is 11.0. The predicted octanol–water partition coefficient (Wildman–Crippen LogP) is 0.179. The minimum atomic E-state index is -0.491. The SMILES string of the molecule is CC(=O)C1COC(C)C1=O. The fourth-order valence-corrected chi connectivity index (χ4v) is 1.01. The van der Waals surface area contributed by atoms with E-state index in [0.29, 0.717) is 0 Å². The van der Waals surface area contributed by atoms with E-state index in [-0.39, 0.29) is 24.3 Å². The van der Waals surface area contributed by atoms with Gasteiger partial charge in [0, 0.05) is 0 Å². The van der Waals surface area contributed by atoms with Gasteiger partial charge in [-0.15, -0.1) is 0 Å². The summed E-state index contributed by atoms with van der Waals surface area (Å²) < 4.78 is 4.97. The molecule has 56 valence electrons. The highest BCUT2D eigenvalue weighted by Gasteiger charge is 2.34. The van der Waals surface area contributed by atoms with Crippen LogP contribution >= 0.6 is 0 Å². The summed E-state index contributed by atoms with van der Waals surface area (Å²) in [5.74, 6) is -0.656. The molecule has 1 aliphatic heterocycles. The van der Waals surface area contributed by atoms with Crippen molar-refractivity contribution in [3.8, 4) is 0 Å². The second-order valence-electron chi connectivity index (χ2n) is 2.54. The first kappa shape index (κ1) is 7.41. The molecule has 2 atom stereocenters. The van der Waals surface area contributed by atoms with E-state index in [9.17, 15) is 9.59 Å². The van der Waals surface area contributed by atoms with Gasteiger partial charge < -0.3 is 4.74 Å². The number of hydrogen-bond acceptors (Lipinski definition) is 3. The first-order valence-electron chi connectivity index (χ1n) is 3.28. The Kier molecular flexibility index (Phi) is 1.85. The summed E-state index contributed by atoms with van der Waals surface area (Å²) in [4.78, 5) is 21.7. The van der Waals surface area contributed by atoms with E-state index in [1.54, 1.807) is 6.92 Å². The molecule has 0 amide bonds. The maximum Gasteiger partial charge on any atom is 0.174 e. The molecule has 0 saturated carbocycles. The highest BCUT2D eigenvalue weighted by molar-refractivity contribution is 6.04. The zero-order chi connectivity index (χ0) is 7.72. The fraction of sp³-hybridized carbons (Fsp3) is 0.714. The molecule has 0 bridgehead atoms. The summed E-state index contributed by atoms with van der Waals surface area (Å²) in [5.41, 5.74) is 0. The third-order valence-corrected chi connectivity index (χ3v) is 1.75. The van der Waals surface area contributed by atoms with Crippen molar-refractivity contribution in [3.63, 3.8) is 0 Å². The average Bonchev–Trinajstić information content (AvgIpc) is 2.14. The number of carbonyl (C=O) groups is 2. The highest BCUT2D eigenvalue weighted by Crippen LogP contribution is 2.15. The summed E-state index contributed by atoms with van der Waals surface area (Å²) >= 11 is 0. The first-order valence-corrected chi connectivity index (χ1v) is 3.28. The number of Topliss-reactive ketones (excluding diaryl/α,β-unsaturated/α-hetero) is 2. The maximum absolute atomic E-state index is 11.0. The van der Waals surface area contributed by atoms with Crippen molar-refractivity contribution in [2.24, 2.45) is 5.92 Å². The second kappa shape index (κ2) is 2.50. The second-order valence-corrected chi connectivity index (χ2v) is 2.54. The van der Waals surface area contributed by atoms with Gasteiger partial charge in [-0.05, 0) is 13.8 Å². The van der Waals surface area contributed by atoms with Crippen LogP contribution in [0.25, 0.3) is 0 Å². The van der Waals surface area contributed by atoms with Gasteiger partial charge in [0.25, 0.3) is 0 Å². The van der Waals surface area contributed by atoms with Crippen molar-refractivity contribution in [1.82, 2.24) is 0 Å². The van der Waals surface area contributed by atoms with E-state index in [2.05, 4.69) is 0 Å². The molecule has 3 nitrogen and oxygen atoms in total. The standard InChI is InChI=1S/C7H10O3/c1-4(8)6-3-10-5(2)7(6)9/h5-6H,3H2,1-2H3. The molecule has 1 rings (SSSR count). The Labute approximate surface area is 59.4 Å². The Morgan fingerprint density at radius 1 is 1.70 bits per heavy atom. The van der Waals surface area contributed by atoms with Gasteiger partial charge in [-0.3, -0.25) is 9.59 Å². The number of rotatable bonds is 1. The van der Waals surface area contributed by atoms with E-state index in [4.69, 9.17) is 4.74 Å². The number of ether oxygens (including phenoxy) is 1. The lowest BCUT2D eigenvalue weighted by Gasteiger charge is -1.98. The number of ketones is 2. The molecule has 0 radical (unpaired) electrons. The summed E-state index contributed by atoms with van der Waals surface area (Å²) in [6.07, 6.45) is -0.381. The van der Waals surface area contributed by atoms with Crippen molar-refractivity contribution in [3.05, 3.63) is 0 Å². The van der Waals surface area contributed by atoms with Gasteiger partial charge in [-0.1, -0.05) is 0 Å². The minimum absolute atomic E-state index is 0.0764. The van der Waals surface area contributed by atoms with Crippen molar-refractivity contribution < 1.29 is 14.3 Å². The molecule has 0 N–H and O–H groups in total. The molecular weight excluding hydrogens is 132 g/mol. The quantitative estimate of drug-likeness (QED) is 0.490. The van der Waals surface area contributed by atoms with Crippen molar-refractivity contribution >= 4 is 11.6 Å². The highest BCUT2D eigenvalue weighted by atomic mass is 16.5. The van der Waals surface area contributed by atoms with Gasteiger partial charge >= 0.3 is 0 Å². The van der Waals surface area contributed by atoms with Crippen LogP contribution in [-0.2, 0) is 14.3 Å². The lowest BCUT2D eigenvalue weighted by molar-refractivity contribution is -0.130. The predicted molar refractivity (Wildman–Crippen MR) is 34.6 cm³/mol. The monoisotopic (exact) mass is 142 g/mol. The molecule has 0 aliphatic carbocycles. The Balaban J connectivity index is 2.66. The zero-order valence-electron chi connectivity index (χ0n) is 6.09. The molecule has 10 heavy (non-hydrogen) atoms. The first-order chi connectivity index (χ1) is 4.63. The largest absolute Gasteiger partial charge is 0.369 e. The van der Waals surface area contributed by atoms with Crippen LogP contribution in [0.3, 0.4) is 0 Å². The van der Waals surface area contributed by atoms with Crippen LogP contribution in [0.2, 0.25) is 0 Å². The zero-order valence-corrected chi connectivity index (χ0v) is 6.09. The van der Waals surface area contributed by atoms with Gasteiger partial charge in [0.1, 0.15) is 17.8 Å². The van der Waals surface area contributed by atoms with Gasteiger partial charge in [0.05, 0.1) is 6.61 Å². The molecule has 1 aliphatic rings. The summed E-state index contributed by atoms with van der Waals surface area (Å²) in [5, 5.41) is 0. The molecule has 0 aromatic carbocycles. The van der Waals surface area contributed by atoms with E-state index < -0.39 is 5.92 Å². The van der Waals surface area contributed by atoms with Gasteiger partial charge in [-0.25, -0.2) is 0 Å². The molecule has 1 saturated heterocycles. The minimum Gasteiger partial charge on any atom is -0.369 e. The number of hydrogen-bond donors (Lipinski definition) is 0. The molecule has 0 aromatic rings. The van der Waals surface area contributed by atoms with Crippen LogP contribution in [-0.4, -0.2) is 24.3 Å². The summed E-state index contributed by atoms with van der Waals surface area (Å²) in [6, 6.07) is 0. The molecule has 2 unspecified atom stereocenters. The average molecular weight is 142 g/mol. The van der Waals surface area contributed by atoms with Gasteiger partial charge in [0.15, 0.2) is 5.78 Å². The van der Waals surface area contributed by atoms with Crippen LogP contribution in [0.5, 0.6) is 0 Å². The smallest absolute Gasteiger partial charge is 0.174 e. The fourth-order valence-electron chi connectivity index (χ4n) is 1.01. The topological polar surface area (TPSA) is 43.4 Å². The van der Waals surface area contributed by atoms with Crippen LogP contribution in [0.1, 0.15) is 13.8 Å². The molecule has 3 heteroatoms. The Morgan fingerprint density at radius 3 is 2.50 bits per heavy atom. The normalized spacial score (nSPS) is 32.8. The van der Waals surface area contributed by atoms with Crippen molar-refractivity contribution in [1.29, 1.82) is 0 Å². The van der Waals surface area contributed by atoms with E-state index >= 15 is 0 Å². The molecular formula is C7H10O3. The molecule has 1 fully saturated rings. The van der Waals surface area contributed by atoms with Gasteiger partial charge in [-0.2, -0.15) is 0 Å². The molecule has 1 heterocycles. The van der Waals surface area contributed by atoms with Crippen molar-refractivity contribution in [2.75, 3.05) is 6.61 Å². The Hall–Kier alpha value is -0.700. The number of carbonyl (C=O) groups excluding carboxylic acids is 2. The van der Waals surface area contributed by atoms with E-state index in [1.807, 2.05) is 0 Å². The van der Waals surface area contributed by atoms with Gasteiger partial charge in [0.2, 0.25) is 0 Å². The molecule has 0 spiro atoms. The van der Waals surface area contributed by atoms with Crippen LogP contribution in [0.15, 0.2) is 0 Å². The van der Waals surface area contributed by atoms with Crippen LogP contribution in [0, 0.1) is 5.92 Å². The summed E-state index contributed by atoms with van der Waals surface area (Å²) in [6.45, 7) is 3.37. The van der Waals surface area contributed by atoms with E-state index in [0.717, 1.165) is 0 Å². The van der Waals surface area contributed by atoms with Crippen LogP contribution in [0.4, 0.5) is 0 Å². The molecule has 0 aromatic heterocycles. The van der Waals surface area contributed by atoms with Crippen LogP contribution < -0.4 is 0 Å². The lowest BCUT2D eigenvalue weighted by Crippen LogP contribution is -2.22. The van der Waals surface area contributed by atoms with E-state index in [1.165, 1.54) is 6.92 Å². The van der Waals surface area contributed by atoms with Crippen molar-refractivity contribution in [2.45, 2.75) is 20.0 Å².